The second-order valence-corrected chi connectivity index (χ2v) is 7.90. The number of benzene rings is 1. The van der Waals surface area contributed by atoms with Gasteiger partial charge in [0.2, 0.25) is 5.91 Å². The lowest BCUT2D eigenvalue weighted by Crippen LogP contribution is -2.37. The first-order valence-corrected chi connectivity index (χ1v) is 9.60. The number of carbonyl (C=O) groups is 1. The summed E-state index contributed by atoms with van der Waals surface area (Å²) in [5, 5.41) is 4.05. The molecule has 0 bridgehead atoms. The molecular formula is C20H25FN4O3. The minimum atomic E-state index is -0.298. The highest BCUT2D eigenvalue weighted by Gasteiger charge is 2.50. The molecule has 28 heavy (non-hydrogen) atoms. The fourth-order valence-electron chi connectivity index (χ4n) is 4.37. The van der Waals surface area contributed by atoms with Crippen LogP contribution in [0.25, 0.3) is 0 Å². The van der Waals surface area contributed by atoms with Gasteiger partial charge in [-0.05, 0) is 17.7 Å². The van der Waals surface area contributed by atoms with E-state index in [-0.39, 0.29) is 42.1 Å². The number of ether oxygens (including phenoxy) is 1. The van der Waals surface area contributed by atoms with Gasteiger partial charge in [0.25, 0.3) is 0 Å². The van der Waals surface area contributed by atoms with Crippen LogP contribution in [0, 0.1) is 17.7 Å². The highest BCUT2D eigenvalue weighted by molar-refractivity contribution is 5.78. The normalized spacial score (nSPS) is 24.2. The number of likely N-dealkylation sites (tertiary alicyclic amines) is 1. The lowest BCUT2D eigenvalue weighted by atomic mass is 9.89. The molecule has 3 atom stereocenters. The summed E-state index contributed by atoms with van der Waals surface area (Å²) in [6, 6.07) is 6.84. The zero-order valence-corrected chi connectivity index (χ0v) is 16.3. The number of aromatic nitrogens is 2. The highest BCUT2D eigenvalue weighted by atomic mass is 19.1. The summed E-state index contributed by atoms with van der Waals surface area (Å²) < 4.78 is 24.4. The molecule has 0 N–H and O–H groups in total. The monoisotopic (exact) mass is 388 g/mol. The van der Waals surface area contributed by atoms with Gasteiger partial charge in [-0.25, -0.2) is 4.39 Å². The molecule has 4 rings (SSSR count). The van der Waals surface area contributed by atoms with E-state index in [9.17, 15) is 9.18 Å². The summed E-state index contributed by atoms with van der Waals surface area (Å²) in [5.41, 5.74) is 0.812. The van der Waals surface area contributed by atoms with Gasteiger partial charge in [-0.1, -0.05) is 31.1 Å². The maximum Gasteiger partial charge on any atom is 0.324 e. The zero-order chi connectivity index (χ0) is 19.8. The molecule has 0 spiro atoms. The van der Waals surface area contributed by atoms with E-state index in [1.807, 2.05) is 24.8 Å². The van der Waals surface area contributed by atoms with Crippen LogP contribution in [0.4, 0.5) is 10.4 Å². The molecule has 0 unspecified atom stereocenters. The van der Waals surface area contributed by atoms with Crippen molar-refractivity contribution in [3.63, 3.8) is 0 Å². The summed E-state index contributed by atoms with van der Waals surface area (Å²) in [6.07, 6.45) is 0. The number of anilines is 1. The zero-order valence-electron chi connectivity index (χ0n) is 16.3. The first kappa shape index (κ1) is 18.9. The van der Waals surface area contributed by atoms with Crippen molar-refractivity contribution in [2.75, 3.05) is 38.3 Å². The van der Waals surface area contributed by atoms with E-state index in [0.29, 0.717) is 24.9 Å². The van der Waals surface area contributed by atoms with Crippen LogP contribution < -0.4 is 4.90 Å². The number of rotatable bonds is 5. The Morgan fingerprint density at radius 2 is 2.18 bits per heavy atom. The lowest BCUT2D eigenvalue weighted by molar-refractivity contribution is -0.136. The molecule has 2 aliphatic heterocycles. The summed E-state index contributed by atoms with van der Waals surface area (Å²) in [5.74, 6) is 0.930. The number of hydrogen-bond acceptors (Lipinski definition) is 6. The topological polar surface area (TPSA) is 71.7 Å². The second-order valence-electron chi connectivity index (χ2n) is 7.90. The van der Waals surface area contributed by atoms with Crippen molar-refractivity contribution in [3.8, 4) is 0 Å². The Balaban J connectivity index is 1.60. The molecule has 7 nitrogen and oxygen atoms in total. The van der Waals surface area contributed by atoms with Crippen LogP contribution >= 0.6 is 0 Å². The first-order chi connectivity index (χ1) is 13.5. The van der Waals surface area contributed by atoms with Crippen molar-refractivity contribution in [1.82, 2.24) is 15.0 Å². The van der Waals surface area contributed by atoms with Crippen molar-refractivity contribution in [2.24, 2.45) is 11.8 Å². The molecule has 2 aliphatic rings. The molecule has 2 fully saturated rings. The van der Waals surface area contributed by atoms with Crippen LogP contribution in [0.15, 0.2) is 28.8 Å². The molecule has 2 aromatic rings. The average Bonchev–Trinajstić information content (AvgIpc) is 3.35. The van der Waals surface area contributed by atoms with Gasteiger partial charge in [-0.3, -0.25) is 4.79 Å². The van der Waals surface area contributed by atoms with E-state index < -0.39 is 0 Å². The molecule has 150 valence electrons. The van der Waals surface area contributed by atoms with Gasteiger partial charge in [-0.15, -0.1) is 0 Å². The van der Waals surface area contributed by atoms with Crippen LogP contribution in [0.2, 0.25) is 0 Å². The van der Waals surface area contributed by atoms with Crippen molar-refractivity contribution in [2.45, 2.75) is 25.8 Å². The van der Waals surface area contributed by atoms with Crippen LogP contribution in [0.3, 0.4) is 0 Å². The Hall–Kier alpha value is -2.48. The van der Waals surface area contributed by atoms with E-state index in [2.05, 4.69) is 15.0 Å². The number of hydrogen-bond donors (Lipinski definition) is 0. The fourth-order valence-corrected chi connectivity index (χ4v) is 4.37. The molecule has 8 heteroatoms. The van der Waals surface area contributed by atoms with Gasteiger partial charge in [0.05, 0.1) is 6.04 Å². The third-order valence-electron chi connectivity index (χ3n) is 5.66. The van der Waals surface area contributed by atoms with E-state index in [4.69, 9.17) is 9.26 Å². The SMILES string of the molecule is COCC(=O)N1C[C@H]2CN(c3nc(C(C)C)no3)C[C@H]2[C@@H]1c1cccc(F)c1. The van der Waals surface area contributed by atoms with Gasteiger partial charge in [-0.2, -0.15) is 4.98 Å². The maximum atomic E-state index is 13.9. The van der Waals surface area contributed by atoms with Crippen LogP contribution in [-0.4, -0.2) is 54.3 Å². The molecule has 2 saturated heterocycles. The van der Waals surface area contributed by atoms with Crippen LogP contribution in [0.1, 0.15) is 37.2 Å². The smallest absolute Gasteiger partial charge is 0.324 e. The minimum Gasteiger partial charge on any atom is -0.375 e. The fraction of sp³-hybridized carbons (Fsp3) is 0.550. The largest absolute Gasteiger partial charge is 0.375 e. The molecule has 3 heterocycles. The average molecular weight is 388 g/mol. The summed E-state index contributed by atoms with van der Waals surface area (Å²) >= 11 is 0. The predicted molar refractivity (Wildman–Crippen MR) is 100 cm³/mol. The first-order valence-electron chi connectivity index (χ1n) is 9.60. The molecular weight excluding hydrogens is 363 g/mol. The van der Waals surface area contributed by atoms with Crippen molar-refractivity contribution >= 4 is 11.9 Å². The Morgan fingerprint density at radius 3 is 2.86 bits per heavy atom. The quantitative estimate of drug-likeness (QED) is 0.784. The third kappa shape index (κ3) is 3.37. The highest BCUT2D eigenvalue weighted by Crippen LogP contribution is 2.45. The summed E-state index contributed by atoms with van der Waals surface area (Å²) in [7, 11) is 1.51. The number of halogens is 1. The van der Waals surface area contributed by atoms with Gasteiger partial charge in [0, 0.05) is 44.5 Å². The molecule has 1 amide bonds. The summed E-state index contributed by atoms with van der Waals surface area (Å²) in [6.45, 7) is 6.08. The van der Waals surface area contributed by atoms with E-state index in [1.165, 1.54) is 19.2 Å². The number of nitrogens with zero attached hydrogens (tertiary/aromatic N) is 4. The van der Waals surface area contributed by atoms with Crippen molar-refractivity contribution < 1.29 is 18.4 Å². The Kier molecular flexibility index (Phi) is 5.05. The van der Waals surface area contributed by atoms with E-state index >= 15 is 0 Å². The molecule has 0 radical (unpaired) electrons. The minimum absolute atomic E-state index is 0.0242. The summed E-state index contributed by atoms with van der Waals surface area (Å²) in [4.78, 5) is 21.0. The van der Waals surface area contributed by atoms with Crippen LogP contribution in [0.5, 0.6) is 0 Å². The number of methoxy groups -OCH3 is 1. The molecule has 1 aromatic heterocycles. The van der Waals surface area contributed by atoms with Gasteiger partial charge >= 0.3 is 6.01 Å². The van der Waals surface area contributed by atoms with Gasteiger partial charge < -0.3 is 19.1 Å². The number of carbonyl (C=O) groups excluding carboxylic acids is 1. The van der Waals surface area contributed by atoms with Gasteiger partial charge in [0.1, 0.15) is 12.4 Å². The van der Waals surface area contributed by atoms with E-state index in [1.54, 1.807) is 6.07 Å². The van der Waals surface area contributed by atoms with Crippen LogP contribution in [-0.2, 0) is 9.53 Å². The van der Waals surface area contributed by atoms with Gasteiger partial charge in [0.15, 0.2) is 5.82 Å². The molecule has 0 aliphatic carbocycles. The Labute approximate surface area is 163 Å². The molecule has 1 aromatic carbocycles. The third-order valence-corrected chi connectivity index (χ3v) is 5.66. The van der Waals surface area contributed by atoms with Crippen molar-refractivity contribution in [3.05, 3.63) is 41.5 Å². The second kappa shape index (κ2) is 7.50. The maximum absolute atomic E-state index is 13.9. The van der Waals surface area contributed by atoms with Crippen molar-refractivity contribution in [1.29, 1.82) is 0 Å². The number of amides is 1. The predicted octanol–water partition coefficient (Wildman–Crippen LogP) is 2.61. The standard InChI is InChI=1S/C20H25FN4O3/c1-12(2)19-22-20(28-23-19)24-8-14-9-25(17(26)11-27-3)18(16(14)10-24)13-5-4-6-15(21)7-13/h4-7,12,14,16,18H,8-11H2,1-3H3/t14-,16-,18+/m1/s1. The Morgan fingerprint density at radius 1 is 1.36 bits per heavy atom. The Bertz CT molecular complexity index is 855. The number of fused-ring (bicyclic) bond motifs is 1. The molecule has 0 saturated carbocycles. The lowest BCUT2D eigenvalue weighted by Gasteiger charge is -2.29. The van der Waals surface area contributed by atoms with E-state index in [0.717, 1.165) is 12.1 Å².